The van der Waals surface area contributed by atoms with E-state index in [0.717, 1.165) is 25.7 Å². The molecule has 0 aromatic heterocycles. The number of hydrogen-bond acceptors (Lipinski definition) is 3. The van der Waals surface area contributed by atoms with Crippen LogP contribution >= 0.6 is 0 Å². The lowest BCUT2D eigenvalue weighted by molar-refractivity contribution is -0.119. The number of carbonyl (C=O) groups excluding carboxylic acids is 1. The Labute approximate surface area is 151 Å². The van der Waals surface area contributed by atoms with Gasteiger partial charge in [-0.2, -0.15) is 0 Å². The lowest BCUT2D eigenvalue weighted by atomic mass is 10.0. The summed E-state index contributed by atoms with van der Waals surface area (Å²) in [5, 5.41) is 17.3. The van der Waals surface area contributed by atoms with Gasteiger partial charge in [0.25, 0.3) is 0 Å². The summed E-state index contributed by atoms with van der Waals surface area (Å²) in [7, 11) is 0. The van der Waals surface area contributed by atoms with Gasteiger partial charge in [0.2, 0.25) is 0 Å². The Hall–Kier alpha value is -2.29. The van der Waals surface area contributed by atoms with Crippen molar-refractivity contribution in [1.29, 1.82) is 0 Å². The summed E-state index contributed by atoms with van der Waals surface area (Å²) < 4.78 is 0. The molecule has 0 unspecified atom stereocenters. The minimum Gasteiger partial charge on any atom is -0.508 e. The van der Waals surface area contributed by atoms with Crippen LogP contribution in [0.5, 0.6) is 11.5 Å². The Balaban J connectivity index is 0.000000195. The molecule has 0 spiro atoms. The molecule has 3 nitrogen and oxygen atoms in total. The van der Waals surface area contributed by atoms with E-state index in [0.29, 0.717) is 17.3 Å². The molecule has 2 aromatic rings. The van der Waals surface area contributed by atoms with Crippen LogP contribution in [0, 0.1) is 0 Å². The maximum Gasteiger partial charge on any atom is 0.132 e. The molecule has 1 aliphatic carbocycles. The number of rotatable bonds is 0. The molecule has 1 aliphatic rings. The van der Waals surface area contributed by atoms with Gasteiger partial charge in [-0.25, -0.2) is 0 Å². The Kier molecular flexibility index (Phi) is 11.7. The average Bonchev–Trinajstić information content (AvgIpc) is 2.63. The number of Topliss-reactive ketones (excluding diaryl/α,β-unsaturated/α-hetero) is 1. The van der Waals surface area contributed by atoms with E-state index in [1.165, 1.54) is 32.1 Å². The number of benzene rings is 2. The van der Waals surface area contributed by atoms with E-state index >= 15 is 0 Å². The minimum atomic E-state index is 0.322. The number of carbonyl (C=O) groups is 1. The molecule has 1 saturated carbocycles. The van der Waals surface area contributed by atoms with Crippen LogP contribution in [-0.4, -0.2) is 16.0 Å². The van der Waals surface area contributed by atoms with E-state index < -0.39 is 0 Å². The topological polar surface area (TPSA) is 57.5 Å². The van der Waals surface area contributed by atoms with Crippen LogP contribution in [0.2, 0.25) is 0 Å². The summed E-state index contributed by atoms with van der Waals surface area (Å²) in [5.74, 6) is 1.14. The summed E-state index contributed by atoms with van der Waals surface area (Å²) >= 11 is 0. The van der Waals surface area contributed by atoms with E-state index in [-0.39, 0.29) is 0 Å². The highest BCUT2D eigenvalue weighted by atomic mass is 16.3. The standard InChI is InChI=1S/C10H18O.2C6H6O/c11-10-8-6-4-2-1-3-5-7-9-10;2*7-6-4-2-1-3-5-6/h1-9H2;2*1-5,7H. The van der Waals surface area contributed by atoms with Crippen LogP contribution in [0.15, 0.2) is 60.7 Å². The third kappa shape index (κ3) is 12.8. The van der Waals surface area contributed by atoms with Gasteiger partial charge in [-0.05, 0) is 37.1 Å². The second-order valence-corrected chi connectivity index (χ2v) is 6.18. The first-order valence-corrected chi connectivity index (χ1v) is 9.18. The van der Waals surface area contributed by atoms with Gasteiger partial charge in [0, 0.05) is 12.8 Å². The molecule has 0 saturated heterocycles. The Morgan fingerprint density at radius 2 is 0.840 bits per heavy atom. The maximum absolute atomic E-state index is 11.1. The van der Waals surface area contributed by atoms with Crippen molar-refractivity contribution in [3.8, 4) is 11.5 Å². The maximum atomic E-state index is 11.1. The summed E-state index contributed by atoms with van der Waals surface area (Å²) in [6.45, 7) is 0. The highest BCUT2D eigenvalue weighted by Gasteiger charge is 2.03. The number of phenolic OH excluding ortho intramolecular Hbond substituents is 2. The van der Waals surface area contributed by atoms with Crippen LogP contribution in [0.25, 0.3) is 0 Å². The largest absolute Gasteiger partial charge is 0.508 e. The number of aromatic hydroxyl groups is 2. The summed E-state index contributed by atoms with van der Waals surface area (Å²) in [4.78, 5) is 11.1. The van der Waals surface area contributed by atoms with Crippen molar-refractivity contribution in [3.05, 3.63) is 60.7 Å². The van der Waals surface area contributed by atoms with E-state index in [4.69, 9.17) is 10.2 Å². The smallest absolute Gasteiger partial charge is 0.132 e. The molecule has 0 radical (unpaired) electrons. The minimum absolute atomic E-state index is 0.322. The molecule has 0 aliphatic heterocycles. The van der Waals surface area contributed by atoms with Crippen molar-refractivity contribution >= 4 is 5.78 Å². The van der Waals surface area contributed by atoms with Crippen molar-refractivity contribution in [2.75, 3.05) is 0 Å². The number of para-hydroxylation sites is 2. The summed E-state index contributed by atoms with van der Waals surface area (Å²) in [6.07, 6.45) is 10.6. The van der Waals surface area contributed by atoms with Crippen molar-refractivity contribution < 1.29 is 15.0 Å². The first kappa shape index (κ1) is 20.8. The number of hydrogen-bond donors (Lipinski definition) is 2. The predicted molar refractivity (Wildman–Crippen MR) is 103 cm³/mol. The molecule has 1 fully saturated rings. The van der Waals surface area contributed by atoms with Gasteiger partial charge in [-0.15, -0.1) is 0 Å². The van der Waals surface area contributed by atoms with Crippen LogP contribution in [-0.2, 0) is 4.79 Å². The van der Waals surface area contributed by atoms with Gasteiger partial charge < -0.3 is 10.2 Å². The van der Waals surface area contributed by atoms with Gasteiger partial charge in [0.15, 0.2) is 0 Å². The molecule has 136 valence electrons. The molecule has 2 N–H and O–H groups in total. The molecular weight excluding hydrogens is 312 g/mol. The SMILES string of the molecule is O=C1CCCCCCCCC1.Oc1ccccc1.Oc1ccccc1. The van der Waals surface area contributed by atoms with Crippen LogP contribution < -0.4 is 0 Å². The lowest BCUT2D eigenvalue weighted by Crippen LogP contribution is -1.99. The molecule has 3 rings (SSSR count). The Bertz CT molecular complexity index is 502. The van der Waals surface area contributed by atoms with E-state index in [1.54, 1.807) is 48.5 Å². The second kappa shape index (κ2) is 14.1. The van der Waals surface area contributed by atoms with Gasteiger partial charge in [-0.1, -0.05) is 68.5 Å². The molecular formula is C22H30O3. The van der Waals surface area contributed by atoms with Crippen LogP contribution in [0.4, 0.5) is 0 Å². The molecule has 0 heterocycles. The van der Waals surface area contributed by atoms with Crippen molar-refractivity contribution in [2.24, 2.45) is 0 Å². The Morgan fingerprint density at radius 3 is 1.12 bits per heavy atom. The average molecular weight is 342 g/mol. The third-order valence-electron chi connectivity index (χ3n) is 3.92. The molecule has 3 heteroatoms. The van der Waals surface area contributed by atoms with Crippen LogP contribution in [0.3, 0.4) is 0 Å². The zero-order chi connectivity index (χ0) is 18.2. The van der Waals surface area contributed by atoms with Gasteiger partial charge in [0.1, 0.15) is 17.3 Å². The van der Waals surface area contributed by atoms with Crippen LogP contribution in [0.1, 0.15) is 57.8 Å². The monoisotopic (exact) mass is 342 g/mol. The number of ketones is 1. The second-order valence-electron chi connectivity index (χ2n) is 6.18. The van der Waals surface area contributed by atoms with Crippen molar-refractivity contribution in [1.82, 2.24) is 0 Å². The first-order chi connectivity index (χ1) is 12.2. The highest BCUT2D eigenvalue weighted by Crippen LogP contribution is 2.14. The number of phenols is 2. The quantitative estimate of drug-likeness (QED) is 0.630. The lowest BCUT2D eigenvalue weighted by Gasteiger charge is -2.05. The fraction of sp³-hybridized carbons (Fsp3) is 0.409. The van der Waals surface area contributed by atoms with Crippen molar-refractivity contribution in [3.63, 3.8) is 0 Å². The molecule has 2 aromatic carbocycles. The zero-order valence-electron chi connectivity index (χ0n) is 14.9. The highest BCUT2D eigenvalue weighted by molar-refractivity contribution is 5.78. The molecule has 0 bridgehead atoms. The van der Waals surface area contributed by atoms with E-state index in [2.05, 4.69) is 0 Å². The molecule has 25 heavy (non-hydrogen) atoms. The summed E-state index contributed by atoms with van der Waals surface area (Å²) in [5.41, 5.74) is 0. The van der Waals surface area contributed by atoms with E-state index in [1.807, 2.05) is 12.1 Å². The predicted octanol–water partition coefficient (Wildman–Crippen LogP) is 5.86. The fourth-order valence-electron chi connectivity index (χ4n) is 2.51. The zero-order valence-corrected chi connectivity index (χ0v) is 14.9. The van der Waals surface area contributed by atoms with Crippen molar-refractivity contribution in [2.45, 2.75) is 57.8 Å². The van der Waals surface area contributed by atoms with Gasteiger partial charge in [-0.3, -0.25) is 4.79 Å². The normalized spacial score (nSPS) is 15.0. The Morgan fingerprint density at radius 1 is 0.520 bits per heavy atom. The molecule has 0 atom stereocenters. The molecule has 0 amide bonds. The first-order valence-electron chi connectivity index (χ1n) is 9.18. The van der Waals surface area contributed by atoms with Gasteiger partial charge >= 0.3 is 0 Å². The van der Waals surface area contributed by atoms with E-state index in [9.17, 15) is 4.79 Å². The van der Waals surface area contributed by atoms with Gasteiger partial charge in [0.05, 0.1) is 0 Å². The summed E-state index contributed by atoms with van der Waals surface area (Å²) in [6, 6.07) is 17.4. The third-order valence-corrected chi connectivity index (χ3v) is 3.92. The fourth-order valence-corrected chi connectivity index (χ4v) is 2.51.